The predicted octanol–water partition coefficient (Wildman–Crippen LogP) is 5.38. The Balaban J connectivity index is 2.60. The Morgan fingerprint density at radius 3 is 2.19 bits per heavy atom. The molecule has 1 aromatic carbocycles. The summed E-state index contributed by atoms with van der Waals surface area (Å²) in [6.45, 7) is 6.39. The van der Waals surface area contributed by atoms with Crippen LogP contribution >= 0.6 is 0 Å². The topological polar surface area (TPSA) is 26.3 Å². The van der Waals surface area contributed by atoms with E-state index in [-0.39, 0.29) is 11.6 Å². The van der Waals surface area contributed by atoms with E-state index in [4.69, 9.17) is 4.74 Å². The molecule has 2 heteroatoms. The number of ether oxygens (including phenoxy) is 1. The first-order valence-corrected chi connectivity index (χ1v) is 8.06. The molecule has 0 heterocycles. The molecule has 0 amide bonds. The molecule has 0 aliphatic heterocycles. The van der Waals surface area contributed by atoms with Crippen molar-refractivity contribution in [3.05, 3.63) is 42.0 Å². The summed E-state index contributed by atoms with van der Waals surface area (Å²) in [6, 6.07) is 9.81. The van der Waals surface area contributed by atoms with Crippen LogP contribution in [0, 0.1) is 0 Å². The van der Waals surface area contributed by atoms with Crippen LogP contribution in [0.25, 0.3) is 6.08 Å². The van der Waals surface area contributed by atoms with Crippen molar-refractivity contribution in [1.82, 2.24) is 0 Å². The van der Waals surface area contributed by atoms with Crippen molar-refractivity contribution in [1.29, 1.82) is 0 Å². The molecule has 0 saturated heterocycles. The first-order valence-electron chi connectivity index (χ1n) is 8.06. The first-order chi connectivity index (χ1) is 10.1. The average Bonchev–Trinajstić information content (AvgIpc) is 2.50. The fourth-order valence-electron chi connectivity index (χ4n) is 2.33. The van der Waals surface area contributed by atoms with Crippen molar-refractivity contribution in [2.45, 2.75) is 64.9 Å². The van der Waals surface area contributed by atoms with Crippen LogP contribution in [0.1, 0.15) is 64.9 Å². The van der Waals surface area contributed by atoms with E-state index in [1.54, 1.807) is 0 Å². The molecule has 1 rings (SSSR count). The highest BCUT2D eigenvalue weighted by Crippen LogP contribution is 2.25. The zero-order chi connectivity index (χ0) is 15.6. The van der Waals surface area contributed by atoms with E-state index in [9.17, 15) is 4.79 Å². The number of hydrogen-bond donors (Lipinski definition) is 0. The highest BCUT2D eigenvalue weighted by molar-refractivity contribution is 5.87. The maximum absolute atomic E-state index is 12.0. The number of carbonyl (C=O) groups is 1. The summed E-state index contributed by atoms with van der Waals surface area (Å²) in [5, 5.41) is 0. The van der Waals surface area contributed by atoms with E-state index in [0.29, 0.717) is 0 Å². The van der Waals surface area contributed by atoms with Crippen molar-refractivity contribution in [2.75, 3.05) is 0 Å². The molecule has 0 saturated carbocycles. The Morgan fingerprint density at radius 2 is 1.67 bits per heavy atom. The smallest absolute Gasteiger partial charge is 0.331 e. The number of carbonyl (C=O) groups excluding carboxylic acids is 1. The summed E-state index contributed by atoms with van der Waals surface area (Å²) >= 11 is 0. The summed E-state index contributed by atoms with van der Waals surface area (Å²) in [4.78, 5) is 12.0. The predicted molar refractivity (Wildman–Crippen MR) is 89.0 cm³/mol. The molecule has 0 spiro atoms. The molecule has 0 aliphatic rings. The van der Waals surface area contributed by atoms with Crippen LogP contribution in [0.15, 0.2) is 36.4 Å². The van der Waals surface area contributed by atoms with Gasteiger partial charge in [-0.3, -0.25) is 0 Å². The van der Waals surface area contributed by atoms with Gasteiger partial charge in [0, 0.05) is 6.08 Å². The van der Waals surface area contributed by atoms with Crippen LogP contribution in [0.2, 0.25) is 0 Å². The molecule has 0 fully saturated rings. The van der Waals surface area contributed by atoms with Crippen molar-refractivity contribution in [3.8, 4) is 0 Å². The number of rotatable bonds is 9. The second-order valence-corrected chi connectivity index (χ2v) is 5.82. The molecule has 0 radical (unpaired) electrons. The second kappa shape index (κ2) is 9.38. The number of unbranched alkanes of at least 4 members (excludes halogenated alkanes) is 2. The molecular weight excluding hydrogens is 260 g/mol. The molecule has 1 aromatic rings. The fourth-order valence-corrected chi connectivity index (χ4v) is 2.33. The summed E-state index contributed by atoms with van der Waals surface area (Å²) in [7, 11) is 0. The Hall–Kier alpha value is -1.57. The van der Waals surface area contributed by atoms with Gasteiger partial charge in [0.15, 0.2) is 0 Å². The monoisotopic (exact) mass is 288 g/mol. The van der Waals surface area contributed by atoms with Gasteiger partial charge >= 0.3 is 5.97 Å². The quantitative estimate of drug-likeness (QED) is 0.450. The molecule has 0 aromatic heterocycles. The molecule has 21 heavy (non-hydrogen) atoms. The molecular formula is C19H28O2. The molecule has 0 bridgehead atoms. The summed E-state index contributed by atoms with van der Waals surface area (Å²) < 4.78 is 5.74. The van der Waals surface area contributed by atoms with E-state index in [1.165, 1.54) is 6.08 Å². The molecule has 116 valence electrons. The Bertz CT molecular complexity index is 426. The largest absolute Gasteiger partial charge is 0.456 e. The summed E-state index contributed by atoms with van der Waals surface area (Å²) in [5.74, 6) is -0.242. The van der Waals surface area contributed by atoms with Crippen molar-refractivity contribution < 1.29 is 9.53 Å². The van der Waals surface area contributed by atoms with E-state index in [1.807, 2.05) is 36.4 Å². The Kier molecular flexibility index (Phi) is 7.81. The summed E-state index contributed by atoms with van der Waals surface area (Å²) in [5.41, 5.74) is 0.683. The minimum Gasteiger partial charge on any atom is -0.456 e. The third-order valence-electron chi connectivity index (χ3n) is 3.68. The Morgan fingerprint density at radius 1 is 1.10 bits per heavy atom. The van der Waals surface area contributed by atoms with Crippen LogP contribution in [0.3, 0.4) is 0 Å². The summed E-state index contributed by atoms with van der Waals surface area (Å²) in [6.07, 6.45) is 9.65. The van der Waals surface area contributed by atoms with E-state index < -0.39 is 0 Å². The van der Waals surface area contributed by atoms with Gasteiger partial charge in [-0.1, -0.05) is 57.0 Å². The van der Waals surface area contributed by atoms with Gasteiger partial charge in [0.05, 0.1) is 0 Å². The lowest BCUT2D eigenvalue weighted by molar-refractivity contribution is -0.153. The van der Waals surface area contributed by atoms with Crippen LogP contribution in [0.4, 0.5) is 0 Å². The van der Waals surface area contributed by atoms with E-state index in [0.717, 1.165) is 44.1 Å². The highest BCUT2D eigenvalue weighted by atomic mass is 16.6. The normalized spacial score (nSPS) is 11.8. The van der Waals surface area contributed by atoms with Crippen molar-refractivity contribution in [2.24, 2.45) is 0 Å². The lowest BCUT2D eigenvalue weighted by Gasteiger charge is -2.29. The Labute approximate surface area is 129 Å². The van der Waals surface area contributed by atoms with Crippen LogP contribution in [-0.2, 0) is 9.53 Å². The first kappa shape index (κ1) is 17.5. The molecule has 2 nitrogen and oxygen atoms in total. The van der Waals surface area contributed by atoms with Gasteiger partial charge in [0.1, 0.15) is 5.60 Å². The van der Waals surface area contributed by atoms with E-state index >= 15 is 0 Å². The van der Waals surface area contributed by atoms with Gasteiger partial charge in [-0.25, -0.2) is 4.79 Å². The standard InChI is InChI=1S/C19H28O2/c1-4-6-15-19(3,16-7-5-2)21-18(20)14-13-17-11-9-8-10-12-17/h8-14H,4-7,15-16H2,1-3H3. The number of hydrogen-bond acceptors (Lipinski definition) is 2. The second-order valence-electron chi connectivity index (χ2n) is 5.82. The van der Waals surface area contributed by atoms with Crippen molar-refractivity contribution >= 4 is 12.0 Å². The molecule has 0 N–H and O–H groups in total. The molecule has 0 atom stereocenters. The van der Waals surface area contributed by atoms with Crippen molar-refractivity contribution in [3.63, 3.8) is 0 Å². The zero-order valence-electron chi connectivity index (χ0n) is 13.6. The van der Waals surface area contributed by atoms with E-state index in [2.05, 4.69) is 20.8 Å². The molecule has 0 aliphatic carbocycles. The van der Waals surface area contributed by atoms with Gasteiger partial charge in [-0.2, -0.15) is 0 Å². The van der Waals surface area contributed by atoms with Gasteiger partial charge in [-0.15, -0.1) is 0 Å². The lowest BCUT2D eigenvalue weighted by Crippen LogP contribution is -2.31. The average molecular weight is 288 g/mol. The third-order valence-corrected chi connectivity index (χ3v) is 3.68. The maximum Gasteiger partial charge on any atom is 0.331 e. The lowest BCUT2D eigenvalue weighted by atomic mass is 9.92. The highest BCUT2D eigenvalue weighted by Gasteiger charge is 2.26. The fraction of sp³-hybridized carbons (Fsp3) is 0.526. The third kappa shape index (κ3) is 7.12. The zero-order valence-corrected chi connectivity index (χ0v) is 13.6. The van der Waals surface area contributed by atoms with Crippen LogP contribution in [0.5, 0.6) is 0 Å². The van der Waals surface area contributed by atoms with Gasteiger partial charge in [0.25, 0.3) is 0 Å². The minimum atomic E-state index is -0.329. The minimum absolute atomic E-state index is 0.242. The number of benzene rings is 1. The maximum atomic E-state index is 12.0. The van der Waals surface area contributed by atoms with Gasteiger partial charge < -0.3 is 4.74 Å². The van der Waals surface area contributed by atoms with Crippen LogP contribution < -0.4 is 0 Å². The number of esters is 1. The van der Waals surface area contributed by atoms with Gasteiger partial charge in [0.2, 0.25) is 0 Å². The molecule has 0 unspecified atom stereocenters. The van der Waals surface area contributed by atoms with Crippen LogP contribution in [-0.4, -0.2) is 11.6 Å². The van der Waals surface area contributed by atoms with Gasteiger partial charge in [-0.05, 0) is 44.2 Å². The SMILES string of the molecule is CCCCC(C)(CCCC)OC(=O)C=Cc1ccccc1.